The predicted octanol–water partition coefficient (Wildman–Crippen LogP) is 1.17. The van der Waals surface area contributed by atoms with Crippen LogP contribution in [0.5, 0.6) is 0 Å². The number of rotatable bonds is 8. The van der Waals surface area contributed by atoms with Gasteiger partial charge >= 0.3 is 0 Å². The molecule has 1 aromatic carbocycles. The fourth-order valence-electron chi connectivity index (χ4n) is 3.20. The van der Waals surface area contributed by atoms with Crippen molar-refractivity contribution in [3.8, 4) is 0 Å². The minimum atomic E-state index is 0.0724. The molecule has 0 spiro atoms. The molecule has 1 atom stereocenters. The lowest BCUT2D eigenvalue weighted by Crippen LogP contribution is -2.42. The van der Waals surface area contributed by atoms with Crippen LogP contribution in [0.15, 0.2) is 42.7 Å². The van der Waals surface area contributed by atoms with Gasteiger partial charge in [-0.15, -0.1) is 0 Å². The maximum atomic E-state index is 12.1. The van der Waals surface area contributed by atoms with Gasteiger partial charge < -0.3 is 10.6 Å². The van der Waals surface area contributed by atoms with E-state index in [4.69, 9.17) is 0 Å². The molecule has 1 amide bonds. The normalized spacial score (nSPS) is 17.7. The zero-order valence-corrected chi connectivity index (χ0v) is 14.8. The molecule has 0 radical (unpaired) electrons. The number of benzene rings is 1. The second kappa shape index (κ2) is 8.78. The number of carbonyl (C=O) groups is 1. The second-order valence-corrected chi connectivity index (χ2v) is 6.73. The fourth-order valence-corrected chi connectivity index (χ4v) is 3.20. The summed E-state index contributed by atoms with van der Waals surface area (Å²) >= 11 is 0. The van der Waals surface area contributed by atoms with Crippen molar-refractivity contribution in [2.24, 2.45) is 0 Å². The Morgan fingerprint density at radius 1 is 1.32 bits per heavy atom. The maximum Gasteiger partial charge on any atom is 0.234 e. The third-order valence-corrected chi connectivity index (χ3v) is 4.45. The fraction of sp³-hybridized carbons (Fsp3) is 0.474. The first-order valence-electron chi connectivity index (χ1n) is 8.94. The van der Waals surface area contributed by atoms with Crippen molar-refractivity contribution in [3.05, 3.63) is 53.9 Å². The number of likely N-dealkylation sites (tertiary alicyclic amines) is 1. The number of nitrogens with one attached hydrogen (secondary N) is 2. The van der Waals surface area contributed by atoms with Crippen LogP contribution in [0.25, 0.3) is 0 Å². The van der Waals surface area contributed by atoms with E-state index in [9.17, 15) is 4.79 Å². The predicted molar refractivity (Wildman–Crippen MR) is 98.1 cm³/mol. The molecule has 1 fully saturated rings. The van der Waals surface area contributed by atoms with Gasteiger partial charge in [0.05, 0.1) is 19.3 Å². The van der Waals surface area contributed by atoms with Crippen molar-refractivity contribution < 1.29 is 4.79 Å². The summed E-state index contributed by atoms with van der Waals surface area (Å²) in [4.78, 5) is 14.5. The van der Waals surface area contributed by atoms with Crippen LogP contribution in [0.1, 0.15) is 17.5 Å². The Morgan fingerprint density at radius 3 is 2.92 bits per heavy atom. The Balaban J connectivity index is 1.30. The summed E-state index contributed by atoms with van der Waals surface area (Å²) in [6.07, 6.45) is 4.86. The topological polar surface area (TPSA) is 62.2 Å². The van der Waals surface area contributed by atoms with Gasteiger partial charge in [-0.1, -0.05) is 30.3 Å². The number of nitrogens with zero attached hydrogens (tertiary/aromatic N) is 3. The highest BCUT2D eigenvalue weighted by Gasteiger charge is 2.23. The number of aryl methyl sites for hydroxylation is 1. The Kier molecular flexibility index (Phi) is 6.19. The molecule has 1 saturated heterocycles. The molecule has 1 unspecified atom stereocenters. The lowest BCUT2D eigenvalue weighted by atomic mass is 10.2. The minimum Gasteiger partial charge on any atom is -0.351 e. The van der Waals surface area contributed by atoms with Crippen LogP contribution in [0.4, 0.5) is 0 Å². The van der Waals surface area contributed by atoms with Crippen LogP contribution in [-0.2, 0) is 17.9 Å². The van der Waals surface area contributed by atoms with Gasteiger partial charge in [-0.05, 0) is 24.5 Å². The molecule has 1 aliphatic rings. The lowest BCUT2D eigenvalue weighted by molar-refractivity contribution is -0.120. The summed E-state index contributed by atoms with van der Waals surface area (Å²) in [6.45, 7) is 6.80. The Labute approximate surface area is 149 Å². The van der Waals surface area contributed by atoms with Gasteiger partial charge in [0, 0.05) is 38.4 Å². The summed E-state index contributed by atoms with van der Waals surface area (Å²) in [5, 5.41) is 10.5. The number of hydrogen-bond acceptors (Lipinski definition) is 4. The summed E-state index contributed by atoms with van der Waals surface area (Å²) in [6, 6.07) is 10.7. The molecular formula is C19H27N5O. The van der Waals surface area contributed by atoms with Crippen molar-refractivity contribution in [2.75, 3.05) is 26.2 Å². The molecule has 2 heterocycles. The highest BCUT2D eigenvalue weighted by atomic mass is 16.2. The number of hydrogen-bond donors (Lipinski definition) is 2. The average molecular weight is 341 g/mol. The Bertz CT molecular complexity index is 669. The van der Waals surface area contributed by atoms with Crippen molar-refractivity contribution in [1.29, 1.82) is 0 Å². The molecule has 25 heavy (non-hydrogen) atoms. The van der Waals surface area contributed by atoms with Crippen molar-refractivity contribution in [3.63, 3.8) is 0 Å². The molecule has 6 nitrogen and oxygen atoms in total. The third-order valence-electron chi connectivity index (χ3n) is 4.45. The first-order chi connectivity index (χ1) is 12.2. The second-order valence-electron chi connectivity index (χ2n) is 6.73. The molecular weight excluding hydrogens is 314 g/mol. The zero-order chi connectivity index (χ0) is 17.5. The van der Waals surface area contributed by atoms with Gasteiger partial charge in [-0.2, -0.15) is 5.10 Å². The van der Waals surface area contributed by atoms with E-state index in [-0.39, 0.29) is 11.9 Å². The smallest absolute Gasteiger partial charge is 0.234 e. The molecule has 2 N–H and O–H groups in total. The lowest BCUT2D eigenvalue weighted by Gasteiger charge is -2.17. The van der Waals surface area contributed by atoms with E-state index in [1.54, 1.807) is 0 Å². The number of amides is 1. The molecule has 134 valence electrons. The third kappa shape index (κ3) is 5.69. The standard InChI is InChI=1S/C19H27N5O/c1-16-11-21-24(13-16)10-8-20-12-19(25)22-18-7-9-23(15-18)14-17-5-3-2-4-6-17/h2-6,11,13,18,20H,7-10,12,14-15H2,1H3,(H,22,25). The largest absolute Gasteiger partial charge is 0.351 e. The van der Waals surface area contributed by atoms with E-state index >= 15 is 0 Å². The molecule has 0 saturated carbocycles. The van der Waals surface area contributed by atoms with Crippen LogP contribution in [0.3, 0.4) is 0 Å². The Hall–Kier alpha value is -2.18. The van der Waals surface area contributed by atoms with Crippen LogP contribution >= 0.6 is 0 Å². The van der Waals surface area contributed by atoms with Crippen molar-refractivity contribution in [1.82, 2.24) is 25.3 Å². The zero-order valence-electron chi connectivity index (χ0n) is 14.8. The first-order valence-corrected chi connectivity index (χ1v) is 8.94. The number of carbonyl (C=O) groups excluding carboxylic acids is 1. The molecule has 3 rings (SSSR count). The van der Waals surface area contributed by atoms with Gasteiger partial charge in [-0.25, -0.2) is 0 Å². The summed E-state index contributed by atoms with van der Waals surface area (Å²) in [5.41, 5.74) is 2.48. The molecule has 6 heteroatoms. The van der Waals surface area contributed by atoms with Crippen molar-refractivity contribution in [2.45, 2.75) is 32.5 Å². The van der Waals surface area contributed by atoms with Crippen LogP contribution < -0.4 is 10.6 Å². The maximum absolute atomic E-state index is 12.1. The van der Waals surface area contributed by atoms with Gasteiger partial charge in [0.1, 0.15) is 0 Å². The molecule has 0 bridgehead atoms. The van der Waals surface area contributed by atoms with Crippen molar-refractivity contribution >= 4 is 5.91 Å². The average Bonchev–Trinajstić information content (AvgIpc) is 3.21. The van der Waals surface area contributed by atoms with E-state index in [2.05, 4.69) is 44.9 Å². The summed E-state index contributed by atoms with van der Waals surface area (Å²) in [5.74, 6) is 0.0724. The molecule has 1 aromatic heterocycles. The van der Waals surface area contributed by atoms with E-state index in [0.29, 0.717) is 6.54 Å². The highest BCUT2D eigenvalue weighted by Crippen LogP contribution is 2.13. The van der Waals surface area contributed by atoms with E-state index < -0.39 is 0 Å². The van der Waals surface area contributed by atoms with Crippen LogP contribution in [-0.4, -0.2) is 52.8 Å². The van der Waals surface area contributed by atoms with E-state index in [0.717, 1.165) is 44.7 Å². The molecule has 1 aliphatic heterocycles. The molecule has 2 aromatic rings. The summed E-state index contributed by atoms with van der Waals surface area (Å²) < 4.78 is 1.89. The quantitative estimate of drug-likeness (QED) is 0.708. The number of aromatic nitrogens is 2. The van der Waals surface area contributed by atoms with Gasteiger partial charge in [0.25, 0.3) is 0 Å². The molecule has 0 aliphatic carbocycles. The SMILES string of the molecule is Cc1cnn(CCNCC(=O)NC2CCN(Cc3ccccc3)C2)c1. The van der Waals surface area contributed by atoms with E-state index in [1.165, 1.54) is 5.56 Å². The monoisotopic (exact) mass is 341 g/mol. The highest BCUT2D eigenvalue weighted by molar-refractivity contribution is 5.78. The van der Waals surface area contributed by atoms with Gasteiger partial charge in [0.15, 0.2) is 0 Å². The first kappa shape index (κ1) is 17.6. The summed E-state index contributed by atoms with van der Waals surface area (Å²) in [7, 11) is 0. The van der Waals surface area contributed by atoms with Crippen LogP contribution in [0, 0.1) is 6.92 Å². The minimum absolute atomic E-state index is 0.0724. The van der Waals surface area contributed by atoms with E-state index in [1.807, 2.05) is 30.1 Å². The Morgan fingerprint density at radius 2 is 2.16 bits per heavy atom. The van der Waals surface area contributed by atoms with Gasteiger partial charge in [-0.3, -0.25) is 14.4 Å². The van der Waals surface area contributed by atoms with Crippen LogP contribution in [0.2, 0.25) is 0 Å². The van der Waals surface area contributed by atoms with Gasteiger partial charge in [0.2, 0.25) is 5.91 Å².